The summed E-state index contributed by atoms with van der Waals surface area (Å²) < 4.78 is 5.38. The van der Waals surface area contributed by atoms with Crippen LogP contribution >= 0.6 is 22.9 Å². The van der Waals surface area contributed by atoms with Crippen molar-refractivity contribution in [1.82, 2.24) is 10.3 Å². The van der Waals surface area contributed by atoms with Crippen LogP contribution in [0.25, 0.3) is 6.08 Å². The molecule has 0 aliphatic carbocycles. The molecule has 0 bridgehead atoms. The smallest absolute Gasteiger partial charge is 0.355 e. The van der Waals surface area contributed by atoms with Gasteiger partial charge in [-0.05, 0) is 42.7 Å². The molecule has 2 amide bonds. The number of rotatable bonds is 7. The number of aryl methyl sites for hydroxylation is 2. The van der Waals surface area contributed by atoms with Crippen LogP contribution < -0.4 is 10.2 Å². The minimum absolute atomic E-state index is 0.0153. The second-order valence-corrected chi connectivity index (χ2v) is 8.86. The summed E-state index contributed by atoms with van der Waals surface area (Å²) in [6, 6.07) is 12.8. The van der Waals surface area contributed by atoms with Gasteiger partial charge in [-0.25, -0.2) is 9.78 Å². The fourth-order valence-electron chi connectivity index (χ4n) is 3.31. The highest BCUT2D eigenvalue weighted by Gasteiger charge is 2.23. The molecule has 7 nitrogen and oxygen atoms in total. The first-order chi connectivity index (χ1) is 16.2. The van der Waals surface area contributed by atoms with E-state index in [2.05, 4.69) is 10.3 Å². The first-order valence-corrected chi connectivity index (χ1v) is 11.6. The second kappa shape index (κ2) is 11.1. The third kappa shape index (κ3) is 6.30. The number of thiazole rings is 1. The maximum atomic E-state index is 12.6. The molecule has 1 heterocycles. The molecule has 3 rings (SSSR count). The summed E-state index contributed by atoms with van der Waals surface area (Å²) in [6.45, 7) is 6.42. The van der Waals surface area contributed by atoms with Crippen LogP contribution in [0.2, 0.25) is 5.02 Å². The predicted molar refractivity (Wildman–Crippen MR) is 134 cm³/mol. The molecule has 0 saturated heterocycles. The van der Waals surface area contributed by atoms with Crippen LogP contribution in [0.1, 0.15) is 36.2 Å². The molecule has 1 N–H and O–H groups in total. The lowest BCUT2D eigenvalue weighted by atomic mass is 10.1. The number of hydrogen-bond acceptors (Lipinski definition) is 6. The van der Waals surface area contributed by atoms with E-state index in [-0.39, 0.29) is 18.2 Å². The van der Waals surface area contributed by atoms with E-state index in [1.807, 2.05) is 38.1 Å². The molecule has 1 aromatic heterocycles. The molecule has 0 aliphatic heterocycles. The van der Waals surface area contributed by atoms with Crippen molar-refractivity contribution in [2.24, 2.45) is 0 Å². The summed E-state index contributed by atoms with van der Waals surface area (Å²) in [6.07, 6.45) is 1.54. The Hall–Kier alpha value is -3.49. The summed E-state index contributed by atoms with van der Waals surface area (Å²) in [4.78, 5) is 42.6. The van der Waals surface area contributed by atoms with Crippen molar-refractivity contribution >= 4 is 57.6 Å². The Balaban J connectivity index is 1.79. The van der Waals surface area contributed by atoms with Crippen molar-refractivity contribution in [2.45, 2.75) is 34.3 Å². The van der Waals surface area contributed by atoms with Gasteiger partial charge in [-0.2, -0.15) is 0 Å². The SMILES string of the molecule is CC(=O)N/C(=C\c1ccccc1)C(=O)OCc1csc(N(C(C)=O)c2c(C)cc(C)cc2Cl)n1. The third-order valence-electron chi connectivity index (χ3n) is 4.66. The molecule has 34 heavy (non-hydrogen) atoms. The van der Waals surface area contributed by atoms with E-state index in [1.165, 1.54) is 36.2 Å². The number of aromatic nitrogens is 1. The number of carbonyl (C=O) groups excluding carboxylic acids is 3. The second-order valence-electron chi connectivity index (χ2n) is 7.61. The zero-order valence-corrected chi connectivity index (χ0v) is 20.8. The Morgan fingerprint density at radius 2 is 1.85 bits per heavy atom. The van der Waals surface area contributed by atoms with E-state index >= 15 is 0 Å². The standard InChI is InChI=1S/C25H24ClN3O4S/c1-15-10-16(2)23(21(26)11-15)29(18(4)31)25-28-20(14-34-25)13-33-24(32)22(27-17(3)30)12-19-8-6-5-7-9-19/h5-12,14H,13H2,1-4H3,(H,27,30)/b22-12-. The number of esters is 1. The van der Waals surface area contributed by atoms with Crippen LogP contribution in [0.3, 0.4) is 0 Å². The molecule has 9 heteroatoms. The number of anilines is 2. The number of nitrogens with zero attached hydrogens (tertiary/aromatic N) is 2. The van der Waals surface area contributed by atoms with Gasteiger partial charge >= 0.3 is 5.97 Å². The molecular weight excluding hydrogens is 474 g/mol. The first kappa shape index (κ1) is 25.1. The lowest BCUT2D eigenvalue weighted by molar-refractivity contribution is -0.141. The molecule has 0 spiro atoms. The van der Waals surface area contributed by atoms with Crippen molar-refractivity contribution < 1.29 is 19.1 Å². The average molecular weight is 498 g/mol. The monoisotopic (exact) mass is 497 g/mol. The van der Waals surface area contributed by atoms with Crippen LogP contribution in [0, 0.1) is 13.8 Å². The van der Waals surface area contributed by atoms with Gasteiger partial charge < -0.3 is 10.1 Å². The Kier molecular flexibility index (Phi) is 8.20. The molecule has 0 aliphatic rings. The van der Waals surface area contributed by atoms with Crippen LogP contribution in [-0.4, -0.2) is 22.8 Å². The van der Waals surface area contributed by atoms with E-state index in [4.69, 9.17) is 16.3 Å². The number of nitrogens with one attached hydrogen (secondary N) is 1. The van der Waals surface area contributed by atoms with Gasteiger partial charge in [0.15, 0.2) is 5.13 Å². The maximum Gasteiger partial charge on any atom is 0.355 e. The maximum absolute atomic E-state index is 12.6. The molecular formula is C25H24ClN3O4S. The molecule has 2 aromatic carbocycles. The fraction of sp³-hybridized carbons (Fsp3) is 0.200. The van der Waals surface area contributed by atoms with Crippen LogP contribution in [0.5, 0.6) is 0 Å². The molecule has 3 aromatic rings. The lowest BCUT2D eigenvalue weighted by Crippen LogP contribution is -2.26. The molecule has 0 saturated carbocycles. The predicted octanol–water partition coefficient (Wildman–Crippen LogP) is 5.32. The minimum Gasteiger partial charge on any atom is -0.454 e. The number of carbonyl (C=O) groups is 3. The van der Waals surface area contributed by atoms with Crippen molar-refractivity contribution in [3.8, 4) is 0 Å². The summed E-state index contributed by atoms with van der Waals surface area (Å²) >= 11 is 7.68. The normalized spacial score (nSPS) is 11.1. The number of hydrogen-bond donors (Lipinski definition) is 1. The first-order valence-electron chi connectivity index (χ1n) is 10.4. The van der Waals surface area contributed by atoms with Crippen molar-refractivity contribution in [1.29, 1.82) is 0 Å². The van der Waals surface area contributed by atoms with Crippen LogP contribution in [0.15, 0.2) is 53.5 Å². The summed E-state index contributed by atoms with van der Waals surface area (Å²) in [7, 11) is 0. The Labute approximate surface area is 207 Å². The van der Waals surface area contributed by atoms with Gasteiger partial charge in [0.05, 0.1) is 16.4 Å². The van der Waals surface area contributed by atoms with Gasteiger partial charge in [0.25, 0.3) is 0 Å². The summed E-state index contributed by atoms with van der Waals surface area (Å²) in [5, 5.41) is 5.06. The van der Waals surface area contributed by atoms with E-state index in [0.29, 0.717) is 21.5 Å². The molecule has 0 fully saturated rings. The number of amides is 2. The Morgan fingerprint density at radius 3 is 2.47 bits per heavy atom. The molecule has 0 unspecified atom stereocenters. The highest BCUT2D eigenvalue weighted by atomic mass is 35.5. The van der Waals surface area contributed by atoms with Gasteiger partial charge in [-0.1, -0.05) is 48.0 Å². The molecule has 0 radical (unpaired) electrons. The molecule has 176 valence electrons. The van der Waals surface area contributed by atoms with Crippen LogP contribution in [0.4, 0.5) is 10.8 Å². The third-order valence-corrected chi connectivity index (χ3v) is 5.82. The average Bonchev–Trinajstić information content (AvgIpc) is 3.22. The van der Waals surface area contributed by atoms with Gasteiger partial charge in [0, 0.05) is 19.2 Å². The van der Waals surface area contributed by atoms with E-state index in [0.717, 1.165) is 16.7 Å². The number of benzene rings is 2. The van der Waals surface area contributed by atoms with Gasteiger partial charge in [0.1, 0.15) is 12.3 Å². The summed E-state index contributed by atoms with van der Waals surface area (Å²) in [5.41, 5.74) is 3.61. The topological polar surface area (TPSA) is 88.6 Å². The van der Waals surface area contributed by atoms with Crippen molar-refractivity contribution in [2.75, 3.05) is 4.90 Å². The lowest BCUT2D eigenvalue weighted by Gasteiger charge is -2.22. The van der Waals surface area contributed by atoms with Crippen molar-refractivity contribution in [3.63, 3.8) is 0 Å². The largest absolute Gasteiger partial charge is 0.454 e. The molecule has 0 atom stereocenters. The Morgan fingerprint density at radius 1 is 1.15 bits per heavy atom. The van der Waals surface area contributed by atoms with Crippen LogP contribution in [-0.2, 0) is 25.7 Å². The quantitative estimate of drug-likeness (QED) is 0.352. The summed E-state index contributed by atoms with van der Waals surface area (Å²) in [5.74, 6) is -1.34. The zero-order valence-electron chi connectivity index (χ0n) is 19.2. The number of ether oxygens (including phenoxy) is 1. The highest BCUT2D eigenvalue weighted by molar-refractivity contribution is 7.14. The van der Waals surface area contributed by atoms with Gasteiger partial charge in [-0.3, -0.25) is 14.5 Å². The van der Waals surface area contributed by atoms with E-state index < -0.39 is 11.9 Å². The fourth-order valence-corrected chi connectivity index (χ4v) is 4.58. The minimum atomic E-state index is -0.700. The van der Waals surface area contributed by atoms with Crippen molar-refractivity contribution in [3.05, 3.63) is 80.9 Å². The van der Waals surface area contributed by atoms with E-state index in [1.54, 1.807) is 23.6 Å². The zero-order chi connectivity index (χ0) is 24.8. The van der Waals surface area contributed by atoms with E-state index in [9.17, 15) is 14.4 Å². The number of halogens is 1. The van der Waals surface area contributed by atoms with Gasteiger partial charge in [-0.15, -0.1) is 11.3 Å². The highest BCUT2D eigenvalue weighted by Crippen LogP contribution is 2.37. The van der Waals surface area contributed by atoms with Gasteiger partial charge in [0.2, 0.25) is 11.8 Å². The Bertz CT molecular complexity index is 1230.